The normalized spacial score (nSPS) is 13.5. The SMILES string of the molecule is CCCNC(CS(C)(=O)=O)c1cc(C)c(F)cc1Cl. The van der Waals surface area contributed by atoms with Crippen molar-refractivity contribution in [3.05, 3.63) is 34.1 Å². The Kier molecular flexibility index (Phi) is 5.77. The minimum Gasteiger partial charge on any atom is -0.309 e. The number of hydrogen-bond acceptors (Lipinski definition) is 3. The molecular formula is C13H19ClFNO2S. The second-order valence-electron chi connectivity index (χ2n) is 4.72. The van der Waals surface area contributed by atoms with Gasteiger partial charge in [-0.3, -0.25) is 0 Å². The van der Waals surface area contributed by atoms with E-state index in [0.29, 0.717) is 17.7 Å². The van der Waals surface area contributed by atoms with Gasteiger partial charge >= 0.3 is 0 Å². The fourth-order valence-electron chi connectivity index (χ4n) is 1.83. The Morgan fingerprint density at radius 1 is 1.42 bits per heavy atom. The number of sulfone groups is 1. The van der Waals surface area contributed by atoms with Crippen molar-refractivity contribution < 1.29 is 12.8 Å². The largest absolute Gasteiger partial charge is 0.309 e. The molecule has 0 aliphatic carbocycles. The summed E-state index contributed by atoms with van der Waals surface area (Å²) in [6.07, 6.45) is 2.05. The molecule has 0 aromatic heterocycles. The highest BCUT2D eigenvalue weighted by Crippen LogP contribution is 2.27. The van der Waals surface area contributed by atoms with Crippen LogP contribution in [0.4, 0.5) is 4.39 Å². The van der Waals surface area contributed by atoms with Gasteiger partial charge < -0.3 is 5.32 Å². The standard InChI is InChI=1S/C13H19ClFNO2S/c1-4-5-16-13(8-19(3,17)18)10-6-9(2)12(15)7-11(10)14/h6-7,13,16H,4-5,8H2,1-3H3. The summed E-state index contributed by atoms with van der Waals surface area (Å²) in [7, 11) is -3.16. The van der Waals surface area contributed by atoms with Crippen LogP contribution in [-0.2, 0) is 9.84 Å². The molecule has 1 aromatic carbocycles. The lowest BCUT2D eigenvalue weighted by atomic mass is 10.0. The molecule has 3 nitrogen and oxygen atoms in total. The van der Waals surface area contributed by atoms with Crippen LogP contribution >= 0.6 is 11.6 Å². The Morgan fingerprint density at radius 2 is 2.05 bits per heavy atom. The third-order valence-corrected chi connectivity index (χ3v) is 4.03. The average molecular weight is 308 g/mol. The molecule has 1 rings (SSSR count). The molecule has 0 amide bonds. The lowest BCUT2D eigenvalue weighted by molar-refractivity contribution is 0.547. The molecular weight excluding hydrogens is 289 g/mol. The molecule has 0 fully saturated rings. The van der Waals surface area contributed by atoms with Crippen LogP contribution in [0.25, 0.3) is 0 Å². The van der Waals surface area contributed by atoms with Crippen LogP contribution < -0.4 is 5.32 Å². The summed E-state index contributed by atoms with van der Waals surface area (Å²) in [6, 6.07) is 2.42. The van der Waals surface area contributed by atoms with Gasteiger partial charge in [0.2, 0.25) is 0 Å². The first kappa shape index (κ1) is 16.4. The van der Waals surface area contributed by atoms with Crippen LogP contribution in [0.3, 0.4) is 0 Å². The molecule has 108 valence electrons. The Labute approximate surface area is 119 Å². The van der Waals surface area contributed by atoms with E-state index in [2.05, 4.69) is 5.32 Å². The second-order valence-corrected chi connectivity index (χ2v) is 7.31. The highest BCUT2D eigenvalue weighted by molar-refractivity contribution is 7.90. The third-order valence-electron chi connectivity index (χ3n) is 2.76. The Bertz CT molecular complexity index is 546. The number of benzene rings is 1. The lowest BCUT2D eigenvalue weighted by Crippen LogP contribution is -2.28. The second kappa shape index (κ2) is 6.68. The summed E-state index contributed by atoms with van der Waals surface area (Å²) < 4.78 is 36.4. The van der Waals surface area contributed by atoms with Crippen molar-refractivity contribution >= 4 is 21.4 Å². The van der Waals surface area contributed by atoms with Crippen LogP contribution in [0, 0.1) is 12.7 Å². The van der Waals surface area contributed by atoms with E-state index >= 15 is 0 Å². The molecule has 1 N–H and O–H groups in total. The van der Waals surface area contributed by atoms with E-state index in [1.165, 1.54) is 12.3 Å². The van der Waals surface area contributed by atoms with Crippen LogP contribution in [0.15, 0.2) is 12.1 Å². The van der Waals surface area contributed by atoms with Gasteiger partial charge in [0, 0.05) is 17.3 Å². The lowest BCUT2D eigenvalue weighted by Gasteiger charge is -2.20. The van der Waals surface area contributed by atoms with E-state index in [-0.39, 0.29) is 16.6 Å². The molecule has 0 aliphatic heterocycles. The molecule has 0 aliphatic rings. The summed E-state index contributed by atoms with van der Waals surface area (Å²) in [4.78, 5) is 0. The van der Waals surface area contributed by atoms with Gasteiger partial charge in [0.25, 0.3) is 0 Å². The molecule has 0 radical (unpaired) electrons. The summed E-state index contributed by atoms with van der Waals surface area (Å²) in [5.74, 6) is -0.444. The Balaban J connectivity index is 3.13. The smallest absolute Gasteiger partial charge is 0.149 e. The van der Waals surface area contributed by atoms with Crippen molar-refractivity contribution in [1.29, 1.82) is 0 Å². The number of halogens is 2. The maximum atomic E-state index is 13.4. The monoisotopic (exact) mass is 307 g/mol. The minimum atomic E-state index is -3.16. The van der Waals surface area contributed by atoms with E-state index in [0.717, 1.165) is 6.42 Å². The predicted octanol–water partition coefficient (Wildman–Crippen LogP) is 2.87. The highest BCUT2D eigenvalue weighted by atomic mass is 35.5. The molecule has 0 bridgehead atoms. The first-order chi connectivity index (χ1) is 8.74. The quantitative estimate of drug-likeness (QED) is 0.879. The zero-order valence-electron chi connectivity index (χ0n) is 11.3. The topological polar surface area (TPSA) is 46.2 Å². The number of hydrogen-bond donors (Lipinski definition) is 1. The fourth-order valence-corrected chi connectivity index (χ4v) is 3.01. The van der Waals surface area contributed by atoms with E-state index in [9.17, 15) is 12.8 Å². The van der Waals surface area contributed by atoms with Gasteiger partial charge in [-0.15, -0.1) is 0 Å². The fraction of sp³-hybridized carbons (Fsp3) is 0.538. The molecule has 0 saturated heterocycles. The summed E-state index contributed by atoms with van der Waals surface area (Å²) in [6.45, 7) is 4.29. The van der Waals surface area contributed by atoms with Crippen molar-refractivity contribution in [3.63, 3.8) is 0 Å². The van der Waals surface area contributed by atoms with E-state index in [1.807, 2.05) is 6.92 Å². The van der Waals surface area contributed by atoms with Gasteiger partial charge in [-0.05, 0) is 37.1 Å². The predicted molar refractivity (Wildman–Crippen MR) is 76.9 cm³/mol. The maximum absolute atomic E-state index is 13.4. The van der Waals surface area contributed by atoms with Crippen LogP contribution in [-0.4, -0.2) is 27.0 Å². The molecule has 0 saturated carbocycles. The summed E-state index contributed by atoms with van der Waals surface area (Å²) >= 11 is 6.03. The molecule has 0 heterocycles. The highest BCUT2D eigenvalue weighted by Gasteiger charge is 2.20. The molecule has 6 heteroatoms. The number of rotatable bonds is 6. The van der Waals surface area contributed by atoms with Crippen molar-refractivity contribution in [2.45, 2.75) is 26.3 Å². The van der Waals surface area contributed by atoms with Crippen molar-refractivity contribution in [2.24, 2.45) is 0 Å². The van der Waals surface area contributed by atoms with Gasteiger partial charge in [0.1, 0.15) is 15.7 Å². The van der Waals surface area contributed by atoms with Gasteiger partial charge in [-0.2, -0.15) is 0 Å². The average Bonchev–Trinajstić information content (AvgIpc) is 2.28. The molecule has 1 aromatic rings. The Hall–Kier alpha value is -0.650. The third kappa shape index (κ3) is 5.09. The van der Waals surface area contributed by atoms with Gasteiger partial charge in [-0.1, -0.05) is 24.6 Å². The first-order valence-electron chi connectivity index (χ1n) is 6.11. The first-order valence-corrected chi connectivity index (χ1v) is 8.55. The summed E-state index contributed by atoms with van der Waals surface area (Å²) in [5.41, 5.74) is 1.08. The van der Waals surface area contributed by atoms with Crippen molar-refractivity contribution in [1.82, 2.24) is 5.32 Å². The van der Waals surface area contributed by atoms with Crippen LogP contribution in [0.1, 0.15) is 30.5 Å². The van der Waals surface area contributed by atoms with Crippen molar-refractivity contribution in [2.75, 3.05) is 18.6 Å². The number of nitrogens with one attached hydrogen (secondary N) is 1. The van der Waals surface area contributed by atoms with Crippen LogP contribution in [0.2, 0.25) is 5.02 Å². The molecule has 19 heavy (non-hydrogen) atoms. The molecule has 1 atom stereocenters. The van der Waals surface area contributed by atoms with Crippen molar-refractivity contribution in [3.8, 4) is 0 Å². The van der Waals surface area contributed by atoms with Crippen LogP contribution in [0.5, 0.6) is 0 Å². The van der Waals surface area contributed by atoms with E-state index < -0.39 is 15.9 Å². The van der Waals surface area contributed by atoms with E-state index in [1.54, 1.807) is 13.0 Å². The molecule has 1 unspecified atom stereocenters. The van der Waals surface area contributed by atoms with Gasteiger partial charge in [-0.25, -0.2) is 12.8 Å². The van der Waals surface area contributed by atoms with Gasteiger partial charge in [0.05, 0.1) is 5.75 Å². The summed E-state index contributed by atoms with van der Waals surface area (Å²) in [5, 5.41) is 3.39. The Morgan fingerprint density at radius 3 is 2.58 bits per heavy atom. The van der Waals surface area contributed by atoms with Gasteiger partial charge in [0.15, 0.2) is 0 Å². The van der Waals surface area contributed by atoms with E-state index in [4.69, 9.17) is 11.6 Å². The maximum Gasteiger partial charge on any atom is 0.149 e. The molecule has 0 spiro atoms. The zero-order valence-corrected chi connectivity index (χ0v) is 12.9. The minimum absolute atomic E-state index is 0.0577. The number of aryl methyl sites for hydroxylation is 1. The zero-order chi connectivity index (χ0) is 14.6.